The Morgan fingerprint density at radius 3 is 2.68 bits per heavy atom. The molecule has 136 valence electrons. The summed E-state index contributed by atoms with van der Waals surface area (Å²) in [6.07, 6.45) is 7.19. The predicted octanol–water partition coefficient (Wildman–Crippen LogP) is 1.71. The molecule has 0 aliphatic carbocycles. The first-order valence-electron chi connectivity index (χ1n) is 8.89. The Morgan fingerprint density at radius 2 is 1.96 bits per heavy atom. The second-order valence-electron chi connectivity index (χ2n) is 6.17. The van der Waals surface area contributed by atoms with Gasteiger partial charge in [0.25, 0.3) is 0 Å². The van der Waals surface area contributed by atoms with E-state index in [2.05, 4.69) is 15.6 Å². The summed E-state index contributed by atoms with van der Waals surface area (Å²) < 4.78 is 0. The first-order valence-corrected chi connectivity index (χ1v) is 8.89. The van der Waals surface area contributed by atoms with Crippen LogP contribution < -0.4 is 10.6 Å². The van der Waals surface area contributed by atoms with Crippen LogP contribution in [0.4, 0.5) is 5.69 Å². The zero-order valence-electron chi connectivity index (χ0n) is 14.7. The van der Waals surface area contributed by atoms with Crippen LogP contribution in [0.3, 0.4) is 0 Å². The zero-order chi connectivity index (χ0) is 18.1. The van der Waals surface area contributed by atoms with E-state index < -0.39 is 6.04 Å². The number of pyridine rings is 1. The summed E-state index contributed by atoms with van der Waals surface area (Å²) in [5.41, 5.74) is 0.676. The van der Waals surface area contributed by atoms with Gasteiger partial charge in [-0.05, 0) is 37.8 Å². The highest BCUT2D eigenvalue weighted by Crippen LogP contribution is 2.18. The number of hydrogen-bond donors (Lipinski definition) is 2. The summed E-state index contributed by atoms with van der Waals surface area (Å²) in [5.74, 6) is -0.298. The van der Waals surface area contributed by atoms with E-state index in [1.54, 1.807) is 29.4 Å². The largest absolute Gasteiger partial charge is 0.354 e. The van der Waals surface area contributed by atoms with E-state index in [0.29, 0.717) is 25.1 Å². The Balaban J connectivity index is 1.78. The molecule has 2 rings (SSSR count). The summed E-state index contributed by atoms with van der Waals surface area (Å²) in [5, 5.41) is 5.53. The summed E-state index contributed by atoms with van der Waals surface area (Å²) >= 11 is 0. The fourth-order valence-corrected chi connectivity index (χ4v) is 2.94. The van der Waals surface area contributed by atoms with Gasteiger partial charge >= 0.3 is 0 Å². The highest BCUT2D eigenvalue weighted by molar-refractivity contribution is 5.91. The van der Waals surface area contributed by atoms with Gasteiger partial charge in [0.05, 0.1) is 0 Å². The molecule has 1 atom stereocenters. The third kappa shape index (κ3) is 5.85. The molecule has 0 aromatic carbocycles. The predicted molar refractivity (Wildman–Crippen MR) is 94.8 cm³/mol. The molecule has 0 bridgehead atoms. The smallest absolute Gasteiger partial charge is 0.242 e. The van der Waals surface area contributed by atoms with Gasteiger partial charge in [-0.25, -0.2) is 0 Å². The number of hydrogen-bond acceptors (Lipinski definition) is 4. The molecule has 2 heterocycles. The van der Waals surface area contributed by atoms with Crippen molar-refractivity contribution >= 4 is 23.4 Å². The van der Waals surface area contributed by atoms with Crippen molar-refractivity contribution in [1.29, 1.82) is 0 Å². The van der Waals surface area contributed by atoms with E-state index in [-0.39, 0.29) is 30.7 Å². The zero-order valence-corrected chi connectivity index (χ0v) is 14.7. The minimum absolute atomic E-state index is 0.0396. The SMILES string of the molecule is CCCC(=O)N1CCCC[C@@H]1C(=O)NCCC(=O)Nc1ccncc1. The van der Waals surface area contributed by atoms with Crippen LogP contribution in [0.5, 0.6) is 0 Å². The van der Waals surface area contributed by atoms with Crippen molar-refractivity contribution in [2.45, 2.75) is 51.5 Å². The van der Waals surface area contributed by atoms with Gasteiger partial charge in [0, 0.05) is 44.0 Å². The number of carbonyl (C=O) groups excluding carboxylic acids is 3. The van der Waals surface area contributed by atoms with Crippen molar-refractivity contribution in [3.05, 3.63) is 24.5 Å². The second kappa shape index (κ2) is 9.76. The molecule has 1 fully saturated rings. The standard InChI is InChI=1S/C18H26N4O3/c1-2-5-17(24)22-13-4-3-6-15(22)18(25)20-12-9-16(23)21-14-7-10-19-11-8-14/h7-8,10-11,15H,2-6,9,12-13H2,1H3,(H,20,25)(H,19,21,23)/t15-/m1/s1. The first kappa shape index (κ1) is 18.9. The Morgan fingerprint density at radius 1 is 1.20 bits per heavy atom. The Bertz CT molecular complexity index is 591. The van der Waals surface area contributed by atoms with Gasteiger partial charge in [0.2, 0.25) is 17.7 Å². The molecule has 7 nitrogen and oxygen atoms in total. The highest BCUT2D eigenvalue weighted by atomic mass is 16.2. The number of nitrogens with zero attached hydrogens (tertiary/aromatic N) is 2. The maximum atomic E-state index is 12.4. The van der Waals surface area contributed by atoms with Crippen LogP contribution in [0.15, 0.2) is 24.5 Å². The molecule has 0 spiro atoms. The van der Waals surface area contributed by atoms with Crippen LogP contribution in [-0.2, 0) is 14.4 Å². The van der Waals surface area contributed by atoms with E-state index in [0.717, 1.165) is 19.3 Å². The number of rotatable bonds is 7. The molecule has 7 heteroatoms. The van der Waals surface area contributed by atoms with Gasteiger partial charge in [-0.15, -0.1) is 0 Å². The van der Waals surface area contributed by atoms with Crippen LogP contribution in [0, 0.1) is 0 Å². The molecule has 1 aliphatic heterocycles. The summed E-state index contributed by atoms with van der Waals surface area (Å²) in [7, 11) is 0. The lowest BCUT2D eigenvalue weighted by Gasteiger charge is -2.34. The quantitative estimate of drug-likeness (QED) is 0.786. The van der Waals surface area contributed by atoms with E-state index in [9.17, 15) is 14.4 Å². The Hall–Kier alpha value is -2.44. The fourth-order valence-electron chi connectivity index (χ4n) is 2.94. The molecule has 1 aromatic rings. The molecule has 2 N–H and O–H groups in total. The second-order valence-corrected chi connectivity index (χ2v) is 6.17. The molecule has 1 aliphatic rings. The lowest BCUT2D eigenvalue weighted by atomic mass is 10.0. The number of aromatic nitrogens is 1. The van der Waals surface area contributed by atoms with Crippen molar-refractivity contribution in [3.8, 4) is 0 Å². The van der Waals surface area contributed by atoms with Crippen molar-refractivity contribution in [2.75, 3.05) is 18.4 Å². The topological polar surface area (TPSA) is 91.4 Å². The van der Waals surface area contributed by atoms with E-state index in [1.165, 1.54) is 0 Å². The minimum Gasteiger partial charge on any atom is -0.354 e. The van der Waals surface area contributed by atoms with Crippen molar-refractivity contribution < 1.29 is 14.4 Å². The number of amides is 3. The third-order valence-electron chi connectivity index (χ3n) is 4.21. The average molecular weight is 346 g/mol. The van der Waals surface area contributed by atoms with Gasteiger partial charge < -0.3 is 15.5 Å². The Kier molecular flexibility index (Phi) is 7.37. The van der Waals surface area contributed by atoms with Crippen molar-refractivity contribution in [3.63, 3.8) is 0 Å². The molecule has 1 aromatic heterocycles. The van der Waals surface area contributed by atoms with Crippen molar-refractivity contribution in [1.82, 2.24) is 15.2 Å². The molecule has 0 unspecified atom stereocenters. The van der Waals surface area contributed by atoms with E-state index >= 15 is 0 Å². The van der Waals surface area contributed by atoms with Gasteiger partial charge in [-0.3, -0.25) is 19.4 Å². The van der Waals surface area contributed by atoms with Gasteiger partial charge in [-0.2, -0.15) is 0 Å². The lowest BCUT2D eigenvalue weighted by Crippen LogP contribution is -2.52. The molecule has 1 saturated heterocycles. The van der Waals surface area contributed by atoms with E-state index in [4.69, 9.17) is 0 Å². The monoisotopic (exact) mass is 346 g/mol. The maximum Gasteiger partial charge on any atom is 0.242 e. The van der Waals surface area contributed by atoms with Crippen molar-refractivity contribution in [2.24, 2.45) is 0 Å². The van der Waals surface area contributed by atoms with E-state index in [1.807, 2.05) is 6.92 Å². The van der Waals surface area contributed by atoms with Crippen LogP contribution in [-0.4, -0.2) is 46.7 Å². The molecule has 0 radical (unpaired) electrons. The lowest BCUT2D eigenvalue weighted by molar-refractivity contribution is -0.142. The van der Waals surface area contributed by atoms with Gasteiger partial charge in [0.15, 0.2) is 0 Å². The number of anilines is 1. The molecular formula is C18H26N4O3. The number of piperidine rings is 1. The molecule has 0 saturated carbocycles. The first-order chi connectivity index (χ1) is 12.1. The molecule has 3 amide bonds. The maximum absolute atomic E-state index is 12.4. The summed E-state index contributed by atoms with van der Waals surface area (Å²) in [6.45, 7) is 2.85. The normalized spacial score (nSPS) is 17.0. The summed E-state index contributed by atoms with van der Waals surface area (Å²) in [6, 6.07) is 3.00. The molecular weight excluding hydrogens is 320 g/mol. The third-order valence-corrected chi connectivity index (χ3v) is 4.21. The number of likely N-dealkylation sites (tertiary alicyclic amines) is 1. The average Bonchev–Trinajstić information content (AvgIpc) is 2.62. The van der Waals surface area contributed by atoms with Crippen LogP contribution in [0.1, 0.15) is 45.4 Å². The van der Waals surface area contributed by atoms with Crippen LogP contribution in [0.2, 0.25) is 0 Å². The number of nitrogens with one attached hydrogen (secondary N) is 2. The van der Waals surface area contributed by atoms with Gasteiger partial charge in [-0.1, -0.05) is 6.92 Å². The minimum atomic E-state index is -0.406. The fraction of sp³-hybridized carbons (Fsp3) is 0.556. The van der Waals surface area contributed by atoms with Crippen LogP contribution >= 0.6 is 0 Å². The number of carbonyl (C=O) groups is 3. The van der Waals surface area contributed by atoms with Gasteiger partial charge in [0.1, 0.15) is 6.04 Å². The summed E-state index contributed by atoms with van der Waals surface area (Å²) in [4.78, 5) is 42.0. The Labute approximate surface area is 148 Å². The van der Waals surface area contributed by atoms with Crippen LogP contribution in [0.25, 0.3) is 0 Å². The highest BCUT2D eigenvalue weighted by Gasteiger charge is 2.31. The molecule has 25 heavy (non-hydrogen) atoms.